The van der Waals surface area contributed by atoms with Crippen LogP contribution in [0.4, 0.5) is 4.39 Å². The number of rotatable bonds is 4. The van der Waals surface area contributed by atoms with Gasteiger partial charge in [0.1, 0.15) is 5.82 Å². The molecular weight excluding hydrogens is 354 g/mol. The Hall–Kier alpha value is -1.63. The summed E-state index contributed by atoms with van der Waals surface area (Å²) in [5.74, 6) is -0.348. The topological polar surface area (TPSA) is 59.0 Å². The van der Waals surface area contributed by atoms with E-state index in [9.17, 15) is 9.18 Å². The van der Waals surface area contributed by atoms with E-state index in [0.29, 0.717) is 12.2 Å². The van der Waals surface area contributed by atoms with Gasteiger partial charge in [-0.05, 0) is 37.1 Å². The highest BCUT2D eigenvalue weighted by Crippen LogP contribution is 2.15. The second kappa shape index (κ2) is 9.61. The maximum absolute atomic E-state index is 14.1. The Morgan fingerprint density at radius 1 is 1.38 bits per heavy atom. The number of amides is 1. The molecule has 3 rings (SSSR count). The Morgan fingerprint density at radius 2 is 2.21 bits per heavy atom. The van der Waals surface area contributed by atoms with E-state index >= 15 is 0 Å². The molecule has 5 nitrogen and oxygen atoms in total. The number of benzene rings is 1. The fraction of sp³-hybridized carbons (Fsp3) is 0.375. The lowest BCUT2D eigenvalue weighted by molar-refractivity contribution is -0.123. The molecule has 24 heavy (non-hydrogen) atoms. The fourth-order valence-corrected chi connectivity index (χ4v) is 2.66. The second-order valence-corrected chi connectivity index (χ2v) is 5.48. The van der Waals surface area contributed by atoms with Crippen molar-refractivity contribution in [2.75, 3.05) is 6.54 Å². The van der Waals surface area contributed by atoms with Crippen LogP contribution in [0.1, 0.15) is 24.8 Å². The van der Waals surface area contributed by atoms with Gasteiger partial charge >= 0.3 is 0 Å². The first-order valence-electron chi connectivity index (χ1n) is 7.52. The van der Waals surface area contributed by atoms with Crippen LogP contribution in [0.15, 0.2) is 36.9 Å². The van der Waals surface area contributed by atoms with E-state index in [1.807, 2.05) is 6.07 Å². The van der Waals surface area contributed by atoms with Crippen molar-refractivity contribution in [2.45, 2.75) is 31.8 Å². The summed E-state index contributed by atoms with van der Waals surface area (Å²) in [6, 6.07) is 4.83. The summed E-state index contributed by atoms with van der Waals surface area (Å²) in [7, 11) is 0. The molecule has 2 N–H and O–H groups in total. The zero-order valence-electron chi connectivity index (χ0n) is 13.1. The molecule has 1 aliphatic rings. The highest BCUT2D eigenvalue weighted by molar-refractivity contribution is 5.85. The SMILES string of the molecule is Cl.Cl.O=C(NCc1ccc(-n2ccnc2)c(F)c1)[C@H]1CCCCN1. The Balaban J connectivity index is 0.00000144. The molecule has 1 saturated heterocycles. The molecule has 1 fully saturated rings. The normalized spacial score (nSPS) is 16.6. The van der Waals surface area contributed by atoms with Crippen LogP contribution < -0.4 is 10.6 Å². The third kappa shape index (κ3) is 4.93. The second-order valence-electron chi connectivity index (χ2n) is 5.48. The van der Waals surface area contributed by atoms with Gasteiger partial charge in [0.25, 0.3) is 0 Å². The van der Waals surface area contributed by atoms with Crippen LogP contribution in [-0.4, -0.2) is 28.0 Å². The zero-order valence-corrected chi connectivity index (χ0v) is 14.7. The van der Waals surface area contributed by atoms with Gasteiger partial charge in [-0.3, -0.25) is 4.79 Å². The fourth-order valence-electron chi connectivity index (χ4n) is 2.66. The Bertz CT molecular complexity index is 646. The molecule has 0 aliphatic carbocycles. The summed E-state index contributed by atoms with van der Waals surface area (Å²) >= 11 is 0. The van der Waals surface area contributed by atoms with Gasteiger partial charge in [-0.25, -0.2) is 9.37 Å². The predicted molar refractivity (Wildman–Crippen MR) is 95.5 cm³/mol. The lowest BCUT2D eigenvalue weighted by Gasteiger charge is -2.22. The van der Waals surface area contributed by atoms with E-state index in [1.54, 1.807) is 29.4 Å². The first-order valence-corrected chi connectivity index (χ1v) is 7.52. The predicted octanol–water partition coefficient (Wildman–Crippen LogP) is 2.61. The van der Waals surface area contributed by atoms with Crippen molar-refractivity contribution in [1.82, 2.24) is 20.2 Å². The summed E-state index contributed by atoms with van der Waals surface area (Å²) in [6.45, 7) is 1.21. The minimum absolute atomic E-state index is 0. The summed E-state index contributed by atoms with van der Waals surface area (Å²) in [6.07, 6.45) is 7.89. The molecule has 0 radical (unpaired) electrons. The van der Waals surface area contributed by atoms with Gasteiger partial charge in [0.05, 0.1) is 18.1 Å². The van der Waals surface area contributed by atoms with E-state index in [1.165, 1.54) is 6.07 Å². The van der Waals surface area contributed by atoms with Gasteiger partial charge < -0.3 is 15.2 Å². The van der Waals surface area contributed by atoms with Crippen LogP contribution in [-0.2, 0) is 11.3 Å². The number of carbonyl (C=O) groups is 1. The largest absolute Gasteiger partial charge is 0.351 e. The van der Waals surface area contributed by atoms with Crippen molar-refractivity contribution < 1.29 is 9.18 Å². The van der Waals surface area contributed by atoms with Gasteiger partial charge in [0, 0.05) is 18.9 Å². The van der Waals surface area contributed by atoms with Crippen LogP contribution in [0, 0.1) is 5.82 Å². The molecular formula is C16H21Cl2FN4O. The van der Waals surface area contributed by atoms with E-state index in [0.717, 1.165) is 31.4 Å². The molecule has 2 aromatic rings. The first-order chi connectivity index (χ1) is 10.7. The van der Waals surface area contributed by atoms with Crippen molar-refractivity contribution in [3.8, 4) is 5.69 Å². The summed E-state index contributed by atoms with van der Waals surface area (Å²) < 4.78 is 15.7. The minimum Gasteiger partial charge on any atom is -0.351 e. The van der Waals surface area contributed by atoms with Crippen molar-refractivity contribution in [2.24, 2.45) is 0 Å². The van der Waals surface area contributed by atoms with Crippen molar-refractivity contribution in [3.05, 3.63) is 48.3 Å². The van der Waals surface area contributed by atoms with Crippen molar-refractivity contribution in [1.29, 1.82) is 0 Å². The number of nitrogens with one attached hydrogen (secondary N) is 2. The summed E-state index contributed by atoms with van der Waals surface area (Å²) in [4.78, 5) is 15.9. The third-order valence-electron chi connectivity index (χ3n) is 3.89. The maximum atomic E-state index is 14.1. The number of aromatic nitrogens is 2. The molecule has 1 atom stereocenters. The van der Waals surface area contributed by atoms with Crippen molar-refractivity contribution in [3.63, 3.8) is 0 Å². The number of imidazole rings is 1. The average Bonchev–Trinajstić information content (AvgIpc) is 3.07. The van der Waals surface area contributed by atoms with Gasteiger partial charge in [0.2, 0.25) is 5.91 Å². The quantitative estimate of drug-likeness (QED) is 0.864. The van der Waals surface area contributed by atoms with Gasteiger partial charge in [-0.2, -0.15) is 0 Å². The molecule has 1 amide bonds. The Morgan fingerprint density at radius 3 is 2.83 bits per heavy atom. The van der Waals surface area contributed by atoms with Crippen molar-refractivity contribution >= 4 is 30.7 Å². The molecule has 1 aromatic heterocycles. The highest BCUT2D eigenvalue weighted by Gasteiger charge is 2.19. The van der Waals surface area contributed by atoms with Crippen LogP contribution >= 0.6 is 24.8 Å². The van der Waals surface area contributed by atoms with Gasteiger partial charge in [-0.1, -0.05) is 12.5 Å². The van der Waals surface area contributed by atoms with Crippen LogP contribution in [0.2, 0.25) is 0 Å². The van der Waals surface area contributed by atoms with Gasteiger partial charge in [0.15, 0.2) is 0 Å². The lowest BCUT2D eigenvalue weighted by Crippen LogP contribution is -2.46. The maximum Gasteiger partial charge on any atom is 0.237 e. The monoisotopic (exact) mass is 374 g/mol. The highest BCUT2D eigenvalue weighted by atomic mass is 35.5. The molecule has 1 aliphatic heterocycles. The first kappa shape index (κ1) is 20.4. The molecule has 0 bridgehead atoms. The third-order valence-corrected chi connectivity index (χ3v) is 3.89. The van der Waals surface area contributed by atoms with Crippen LogP contribution in [0.25, 0.3) is 5.69 Å². The Kier molecular flexibility index (Phi) is 8.18. The molecule has 0 spiro atoms. The zero-order chi connectivity index (χ0) is 15.4. The number of halogens is 3. The van der Waals surface area contributed by atoms with Crippen LogP contribution in [0.5, 0.6) is 0 Å². The minimum atomic E-state index is -0.333. The lowest BCUT2D eigenvalue weighted by atomic mass is 10.0. The molecule has 0 saturated carbocycles. The molecule has 0 unspecified atom stereocenters. The summed E-state index contributed by atoms with van der Waals surface area (Å²) in [5.41, 5.74) is 1.19. The molecule has 8 heteroatoms. The van der Waals surface area contributed by atoms with E-state index < -0.39 is 0 Å². The standard InChI is InChI=1S/C16H19FN4O.2ClH/c17-13-9-12(4-5-15(13)21-8-7-18-11-21)10-20-16(22)14-3-1-2-6-19-14;;/h4-5,7-9,11,14,19H,1-3,6,10H2,(H,20,22);2*1H/t14-;;/m1../s1. The number of carbonyl (C=O) groups excluding carboxylic acids is 1. The molecule has 132 valence electrons. The number of hydrogen-bond donors (Lipinski definition) is 2. The van der Waals surface area contributed by atoms with E-state index in [2.05, 4.69) is 15.6 Å². The summed E-state index contributed by atoms with van der Waals surface area (Å²) in [5, 5.41) is 6.06. The van der Waals surface area contributed by atoms with Crippen LogP contribution in [0.3, 0.4) is 0 Å². The van der Waals surface area contributed by atoms with E-state index in [4.69, 9.17) is 0 Å². The van der Waals surface area contributed by atoms with E-state index in [-0.39, 0.29) is 42.6 Å². The smallest absolute Gasteiger partial charge is 0.237 e. The molecule has 2 heterocycles. The average molecular weight is 375 g/mol. The van der Waals surface area contributed by atoms with Gasteiger partial charge in [-0.15, -0.1) is 24.8 Å². The molecule has 1 aromatic carbocycles. The number of nitrogens with zero attached hydrogens (tertiary/aromatic N) is 2. The number of piperidine rings is 1. The Labute approximate surface area is 152 Å². The number of hydrogen-bond acceptors (Lipinski definition) is 3.